The second-order valence-electron chi connectivity index (χ2n) is 7.12. The summed E-state index contributed by atoms with van der Waals surface area (Å²) < 4.78 is 26.7. The zero-order valence-electron chi connectivity index (χ0n) is 17.7. The topological polar surface area (TPSA) is 86.8 Å². The monoisotopic (exact) mass is 485 g/mol. The van der Waals surface area contributed by atoms with Crippen LogP contribution in [0.1, 0.15) is 18.1 Å². The van der Waals surface area contributed by atoms with Crippen molar-refractivity contribution in [2.45, 2.75) is 31.3 Å². The molecule has 0 bridgehead atoms. The van der Waals surface area contributed by atoms with Crippen LogP contribution in [-0.4, -0.2) is 56.1 Å². The fourth-order valence-electron chi connectivity index (χ4n) is 2.88. The highest BCUT2D eigenvalue weighted by Gasteiger charge is 2.30. The van der Waals surface area contributed by atoms with Gasteiger partial charge >= 0.3 is 0 Å². The first-order valence-electron chi connectivity index (χ1n) is 9.45. The lowest BCUT2D eigenvalue weighted by Gasteiger charge is -2.30. The van der Waals surface area contributed by atoms with E-state index in [0.717, 1.165) is 9.87 Å². The Balaban J connectivity index is 2.29. The number of carbonyl (C=O) groups is 2. The van der Waals surface area contributed by atoms with Crippen molar-refractivity contribution in [1.29, 1.82) is 0 Å². The number of sulfonamides is 1. The van der Waals surface area contributed by atoms with Crippen LogP contribution in [-0.2, 0) is 26.2 Å². The summed E-state index contributed by atoms with van der Waals surface area (Å²) in [7, 11) is -1.09. The van der Waals surface area contributed by atoms with Crippen LogP contribution >= 0.6 is 23.2 Å². The lowest BCUT2D eigenvalue weighted by Crippen LogP contribution is -2.50. The van der Waals surface area contributed by atoms with Crippen LogP contribution in [0.25, 0.3) is 0 Å². The predicted molar refractivity (Wildman–Crippen MR) is 122 cm³/mol. The molecule has 1 atom stereocenters. The van der Waals surface area contributed by atoms with E-state index in [4.69, 9.17) is 23.2 Å². The lowest BCUT2D eigenvalue weighted by molar-refractivity contribution is -0.140. The zero-order chi connectivity index (χ0) is 23.3. The standard InChI is InChI=1S/C21H25Cl2N3O4S/c1-14-5-9-18(10-6-14)31(29,30)25(4)13-20(27)26(15(2)21(28)24-3)12-16-7-8-17(22)11-19(16)23/h5-11,15H,12-13H2,1-4H3,(H,24,28)/t15-/m0/s1. The minimum atomic E-state index is -3.88. The van der Waals surface area contributed by atoms with E-state index in [-0.39, 0.29) is 17.3 Å². The Hall–Kier alpha value is -2.13. The Morgan fingerprint density at radius 1 is 1.10 bits per heavy atom. The lowest BCUT2D eigenvalue weighted by atomic mass is 10.1. The average Bonchev–Trinajstić information content (AvgIpc) is 2.72. The first kappa shape index (κ1) is 25.1. The summed E-state index contributed by atoms with van der Waals surface area (Å²) in [5, 5.41) is 3.29. The van der Waals surface area contributed by atoms with Crippen LogP contribution in [0.4, 0.5) is 0 Å². The summed E-state index contributed by atoms with van der Waals surface area (Å²) in [6.45, 7) is 2.99. The van der Waals surface area contributed by atoms with Gasteiger partial charge in [0.1, 0.15) is 6.04 Å². The molecule has 0 aromatic heterocycles. The maximum atomic E-state index is 13.1. The van der Waals surface area contributed by atoms with Gasteiger partial charge in [-0.1, -0.05) is 47.0 Å². The Morgan fingerprint density at radius 3 is 2.26 bits per heavy atom. The number of benzene rings is 2. The molecule has 0 aliphatic heterocycles. The molecular formula is C21H25Cl2N3O4S. The predicted octanol–water partition coefficient (Wildman–Crippen LogP) is 3.09. The molecule has 31 heavy (non-hydrogen) atoms. The number of rotatable bonds is 8. The molecule has 2 rings (SSSR count). The van der Waals surface area contributed by atoms with Gasteiger partial charge in [-0.05, 0) is 43.7 Å². The molecule has 0 aliphatic rings. The van der Waals surface area contributed by atoms with Crippen LogP contribution in [0, 0.1) is 6.92 Å². The summed E-state index contributed by atoms with van der Waals surface area (Å²) in [5.41, 5.74) is 1.50. The number of nitrogens with zero attached hydrogens (tertiary/aromatic N) is 2. The first-order chi connectivity index (χ1) is 14.5. The molecular weight excluding hydrogens is 461 g/mol. The van der Waals surface area contributed by atoms with Gasteiger partial charge in [0.05, 0.1) is 11.4 Å². The van der Waals surface area contributed by atoms with E-state index in [2.05, 4.69) is 5.32 Å². The Bertz CT molecular complexity index is 1060. The van der Waals surface area contributed by atoms with Gasteiger partial charge in [-0.25, -0.2) is 8.42 Å². The quantitative estimate of drug-likeness (QED) is 0.622. The van der Waals surface area contributed by atoms with Crippen molar-refractivity contribution in [2.75, 3.05) is 20.6 Å². The van der Waals surface area contributed by atoms with E-state index in [9.17, 15) is 18.0 Å². The Morgan fingerprint density at radius 2 is 1.71 bits per heavy atom. The molecule has 2 aromatic carbocycles. The van der Waals surface area contributed by atoms with Gasteiger partial charge in [0.25, 0.3) is 0 Å². The molecule has 0 aliphatic carbocycles. The second kappa shape index (κ2) is 10.5. The van der Waals surface area contributed by atoms with Crippen molar-refractivity contribution in [3.8, 4) is 0 Å². The molecule has 0 radical (unpaired) electrons. The summed E-state index contributed by atoms with van der Waals surface area (Å²) in [4.78, 5) is 26.7. The fraction of sp³-hybridized carbons (Fsp3) is 0.333. The van der Waals surface area contributed by atoms with E-state index < -0.39 is 28.5 Å². The highest BCUT2D eigenvalue weighted by molar-refractivity contribution is 7.89. The molecule has 7 nitrogen and oxygen atoms in total. The van der Waals surface area contributed by atoms with E-state index in [1.807, 2.05) is 6.92 Å². The van der Waals surface area contributed by atoms with Gasteiger partial charge in [-0.3, -0.25) is 9.59 Å². The molecule has 0 spiro atoms. The third-order valence-corrected chi connectivity index (χ3v) is 7.26. The number of hydrogen-bond acceptors (Lipinski definition) is 4. The number of hydrogen-bond donors (Lipinski definition) is 1. The number of nitrogens with one attached hydrogen (secondary N) is 1. The van der Waals surface area contributed by atoms with Gasteiger partial charge in [0.2, 0.25) is 21.8 Å². The molecule has 0 fully saturated rings. The van der Waals surface area contributed by atoms with Crippen molar-refractivity contribution >= 4 is 45.0 Å². The molecule has 1 N–H and O–H groups in total. The van der Waals surface area contributed by atoms with Gasteiger partial charge < -0.3 is 10.2 Å². The number of carbonyl (C=O) groups excluding carboxylic acids is 2. The number of amides is 2. The Kier molecular flexibility index (Phi) is 8.48. The zero-order valence-corrected chi connectivity index (χ0v) is 20.1. The fourth-order valence-corrected chi connectivity index (χ4v) is 4.47. The van der Waals surface area contributed by atoms with Gasteiger partial charge in [-0.2, -0.15) is 4.31 Å². The number of halogens is 2. The van der Waals surface area contributed by atoms with Crippen molar-refractivity contribution in [2.24, 2.45) is 0 Å². The largest absolute Gasteiger partial charge is 0.357 e. The smallest absolute Gasteiger partial charge is 0.243 e. The van der Waals surface area contributed by atoms with Crippen molar-refractivity contribution in [3.63, 3.8) is 0 Å². The third-order valence-electron chi connectivity index (χ3n) is 4.86. The summed E-state index contributed by atoms with van der Waals surface area (Å²) in [6, 6.07) is 10.3. The molecule has 0 unspecified atom stereocenters. The van der Waals surface area contributed by atoms with E-state index in [1.54, 1.807) is 37.3 Å². The van der Waals surface area contributed by atoms with Gasteiger partial charge in [-0.15, -0.1) is 0 Å². The van der Waals surface area contributed by atoms with Crippen LogP contribution in [0.3, 0.4) is 0 Å². The van der Waals surface area contributed by atoms with E-state index in [1.165, 1.54) is 31.1 Å². The van der Waals surface area contributed by atoms with Crippen molar-refractivity contribution < 1.29 is 18.0 Å². The maximum Gasteiger partial charge on any atom is 0.243 e. The molecule has 2 aromatic rings. The molecule has 0 saturated carbocycles. The third kappa shape index (κ3) is 6.20. The molecule has 0 heterocycles. The van der Waals surface area contributed by atoms with Crippen LogP contribution in [0.15, 0.2) is 47.4 Å². The highest BCUT2D eigenvalue weighted by Crippen LogP contribution is 2.23. The van der Waals surface area contributed by atoms with Crippen molar-refractivity contribution in [1.82, 2.24) is 14.5 Å². The number of aryl methyl sites for hydroxylation is 1. The normalized spacial score (nSPS) is 12.5. The average molecular weight is 486 g/mol. The van der Waals surface area contributed by atoms with Crippen LogP contribution < -0.4 is 5.32 Å². The summed E-state index contributed by atoms with van der Waals surface area (Å²) in [6.07, 6.45) is 0. The molecule has 10 heteroatoms. The Labute approximate surface area is 193 Å². The second-order valence-corrected chi connectivity index (χ2v) is 10.0. The van der Waals surface area contributed by atoms with E-state index in [0.29, 0.717) is 15.6 Å². The van der Waals surface area contributed by atoms with Crippen LogP contribution in [0.5, 0.6) is 0 Å². The number of likely N-dealkylation sites (N-methyl/N-ethyl adjacent to an activating group) is 2. The van der Waals surface area contributed by atoms with Gasteiger partial charge in [0.15, 0.2) is 0 Å². The van der Waals surface area contributed by atoms with Crippen LogP contribution in [0.2, 0.25) is 10.0 Å². The van der Waals surface area contributed by atoms with Crippen molar-refractivity contribution in [3.05, 3.63) is 63.6 Å². The highest BCUT2D eigenvalue weighted by atomic mass is 35.5. The molecule has 168 valence electrons. The first-order valence-corrected chi connectivity index (χ1v) is 11.6. The van der Waals surface area contributed by atoms with E-state index >= 15 is 0 Å². The molecule has 0 saturated heterocycles. The maximum absolute atomic E-state index is 13.1. The van der Waals surface area contributed by atoms with Gasteiger partial charge in [0, 0.05) is 30.7 Å². The SMILES string of the molecule is CNC(=O)[C@H](C)N(Cc1ccc(Cl)cc1Cl)C(=O)CN(C)S(=O)(=O)c1ccc(C)cc1. The summed E-state index contributed by atoms with van der Waals surface area (Å²) >= 11 is 12.2. The molecule has 2 amide bonds. The minimum absolute atomic E-state index is 0.0157. The minimum Gasteiger partial charge on any atom is -0.357 e. The summed E-state index contributed by atoms with van der Waals surface area (Å²) in [5.74, 6) is -0.928.